The first-order valence-electron chi connectivity index (χ1n) is 9.25. The Hall–Kier alpha value is -2.60. The Morgan fingerprint density at radius 1 is 1.11 bits per heavy atom. The van der Waals surface area contributed by atoms with Crippen molar-refractivity contribution in [1.82, 2.24) is 0 Å². The third-order valence-electron chi connectivity index (χ3n) is 3.21. The second-order valence-corrected chi connectivity index (χ2v) is 5.49. The predicted molar refractivity (Wildman–Crippen MR) is 102 cm³/mol. The molecule has 0 aromatic rings. The number of esters is 2. The molecule has 28 heavy (non-hydrogen) atoms. The van der Waals surface area contributed by atoms with E-state index in [0.717, 1.165) is 51.0 Å². The van der Waals surface area contributed by atoms with E-state index in [1.165, 1.54) is 12.2 Å². The van der Waals surface area contributed by atoms with Crippen LogP contribution in [0.2, 0.25) is 0 Å². The van der Waals surface area contributed by atoms with E-state index in [4.69, 9.17) is 9.84 Å². The van der Waals surface area contributed by atoms with E-state index in [-0.39, 0.29) is 19.2 Å². The maximum absolute atomic E-state index is 10.5. The number of aliphatic imine (C=N–C) groups is 2. The van der Waals surface area contributed by atoms with E-state index in [1.54, 1.807) is 0 Å². The second kappa shape index (κ2) is 24.4. The maximum Gasteiger partial charge on any atom is 0.330 e. The smallest absolute Gasteiger partial charge is 0.330 e. The van der Waals surface area contributed by atoms with Crippen LogP contribution < -0.4 is 0 Å². The van der Waals surface area contributed by atoms with Gasteiger partial charge in [-0.05, 0) is 32.1 Å². The molecule has 9 heteroatoms. The van der Waals surface area contributed by atoms with E-state index in [1.807, 2.05) is 0 Å². The summed E-state index contributed by atoms with van der Waals surface area (Å²) >= 11 is 0. The molecule has 1 heterocycles. The van der Waals surface area contributed by atoms with Gasteiger partial charge >= 0.3 is 11.9 Å². The van der Waals surface area contributed by atoms with Crippen LogP contribution in [0.5, 0.6) is 0 Å². The molecule has 9 nitrogen and oxygen atoms in total. The molecule has 1 rings (SSSR count). The number of aliphatic hydroxyl groups excluding tert-OH is 1. The fourth-order valence-electron chi connectivity index (χ4n) is 1.84. The van der Waals surface area contributed by atoms with Crippen molar-refractivity contribution < 1.29 is 33.8 Å². The van der Waals surface area contributed by atoms with Gasteiger partial charge in [-0.1, -0.05) is 19.4 Å². The lowest BCUT2D eigenvalue weighted by atomic mass is 10.2. The summed E-state index contributed by atoms with van der Waals surface area (Å²) in [5.74, 6) is -0.526. The van der Waals surface area contributed by atoms with Crippen molar-refractivity contribution in [2.24, 2.45) is 9.98 Å². The van der Waals surface area contributed by atoms with Crippen LogP contribution in [-0.4, -0.2) is 62.1 Å². The zero-order chi connectivity index (χ0) is 21.3. The normalized spacial score (nSPS) is 12.1. The number of hydrogen-bond acceptors (Lipinski definition) is 9. The van der Waals surface area contributed by atoms with Gasteiger partial charge in [-0.3, -0.25) is 4.79 Å². The van der Waals surface area contributed by atoms with Crippen molar-refractivity contribution in [3.05, 3.63) is 12.7 Å². The van der Waals surface area contributed by atoms with Gasteiger partial charge in [0.1, 0.15) is 6.61 Å². The summed E-state index contributed by atoms with van der Waals surface area (Å²) in [5.41, 5.74) is 0. The Morgan fingerprint density at radius 3 is 2.21 bits per heavy atom. The summed E-state index contributed by atoms with van der Waals surface area (Å²) in [5, 5.41) is 8.10. The molecular formula is C19H30N2O7. The van der Waals surface area contributed by atoms with Crippen LogP contribution in [0.25, 0.3) is 0 Å². The first kappa shape index (κ1) is 27.6. The molecule has 1 aliphatic heterocycles. The summed E-state index contributed by atoms with van der Waals surface area (Å²) in [6, 6.07) is 0. The van der Waals surface area contributed by atoms with Gasteiger partial charge in [-0.2, -0.15) is 0 Å². The highest BCUT2D eigenvalue weighted by Gasteiger charge is 2.05. The van der Waals surface area contributed by atoms with Gasteiger partial charge in [0, 0.05) is 12.5 Å². The summed E-state index contributed by atoms with van der Waals surface area (Å²) < 4.78 is 9.10. The Labute approximate surface area is 165 Å². The highest BCUT2D eigenvalue weighted by molar-refractivity contribution is 5.81. The van der Waals surface area contributed by atoms with Crippen LogP contribution in [0.15, 0.2) is 22.6 Å². The van der Waals surface area contributed by atoms with Crippen LogP contribution in [0.3, 0.4) is 0 Å². The molecule has 0 atom stereocenters. The number of unbranched alkanes of at least 4 members (excludes halogenated alkanes) is 3. The number of nitrogens with zero attached hydrogens (tertiary/aromatic N) is 2. The molecule has 0 aromatic heterocycles. The monoisotopic (exact) mass is 398 g/mol. The number of hydrogen-bond donors (Lipinski definition) is 1. The minimum atomic E-state index is -0.501. The van der Waals surface area contributed by atoms with Crippen molar-refractivity contribution in [1.29, 1.82) is 0 Å². The summed E-state index contributed by atoms with van der Waals surface area (Å²) in [6.07, 6.45) is 11.7. The number of cyclic esters (lactones) is 1. The summed E-state index contributed by atoms with van der Waals surface area (Å²) in [4.78, 5) is 46.7. The average molecular weight is 398 g/mol. The first-order chi connectivity index (χ1) is 13.6. The van der Waals surface area contributed by atoms with E-state index in [9.17, 15) is 19.2 Å². The standard InChI is InChI=1S/C8H12N2O2.C6H10O2.C5H8O3/c11-7-9-5-3-1-2-4-6-10-8-12;7-6-4-2-1-3-5-8-6;1-2-5(7)8-4-3-6/h1-6H2;1-5H2;2,6H,1,3-4H2. The minimum Gasteiger partial charge on any atom is -0.466 e. The Balaban J connectivity index is 0. The van der Waals surface area contributed by atoms with Crippen molar-refractivity contribution in [3.8, 4) is 0 Å². The Kier molecular flexibility index (Phi) is 24.1. The molecule has 0 bridgehead atoms. The highest BCUT2D eigenvalue weighted by Crippen LogP contribution is 2.06. The third kappa shape index (κ3) is 25.6. The predicted octanol–water partition coefficient (Wildman–Crippen LogP) is 2.03. The van der Waals surface area contributed by atoms with E-state index in [0.29, 0.717) is 26.1 Å². The molecule has 1 aliphatic rings. The van der Waals surface area contributed by atoms with Gasteiger partial charge < -0.3 is 14.6 Å². The zero-order valence-corrected chi connectivity index (χ0v) is 16.3. The van der Waals surface area contributed by atoms with Gasteiger partial charge in [0.2, 0.25) is 12.2 Å². The van der Waals surface area contributed by atoms with Crippen molar-refractivity contribution in [2.75, 3.05) is 32.9 Å². The second-order valence-electron chi connectivity index (χ2n) is 5.49. The van der Waals surface area contributed by atoms with E-state index < -0.39 is 5.97 Å². The molecule has 0 spiro atoms. The quantitative estimate of drug-likeness (QED) is 0.196. The fraction of sp³-hybridized carbons (Fsp3) is 0.684. The van der Waals surface area contributed by atoms with Crippen LogP contribution in [0.4, 0.5) is 0 Å². The Bertz CT molecular complexity index is 478. The number of rotatable bonds is 10. The van der Waals surface area contributed by atoms with E-state index >= 15 is 0 Å². The fourth-order valence-corrected chi connectivity index (χ4v) is 1.84. The number of aliphatic hydroxyl groups is 1. The molecule has 158 valence electrons. The lowest BCUT2D eigenvalue weighted by molar-refractivity contribution is -0.142. The van der Waals surface area contributed by atoms with Crippen LogP contribution >= 0.6 is 0 Å². The lowest BCUT2D eigenvalue weighted by Crippen LogP contribution is -2.04. The molecule has 1 saturated heterocycles. The average Bonchev–Trinajstić information content (AvgIpc) is 2.96. The van der Waals surface area contributed by atoms with Gasteiger partial charge in [0.05, 0.1) is 26.3 Å². The third-order valence-corrected chi connectivity index (χ3v) is 3.21. The van der Waals surface area contributed by atoms with Crippen LogP contribution in [-0.2, 0) is 28.7 Å². The number of carbonyl (C=O) groups is 2. The van der Waals surface area contributed by atoms with Crippen molar-refractivity contribution >= 4 is 24.1 Å². The molecule has 0 saturated carbocycles. The molecule has 0 unspecified atom stereocenters. The SMILES string of the molecule is C=CC(=O)OCCO.O=C1CCCCCO1.O=C=NCCCCCCN=C=O. The van der Waals surface area contributed by atoms with Gasteiger partial charge in [-0.25, -0.2) is 24.4 Å². The molecule has 1 N–H and O–H groups in total. The summed E-state index contributed by atoms with van der Waals surface area (Å²) in [7, 11) is 0. The van der Waals surface area contributed by atoms with Gasteiger partial charge in [0.25, 0.3) is 0 Å². The highest BCUT2D eigenvalue weighted by atomic mass is 16.5. The first-order valence-corrected chi connectivity index (χ1v) is 9.25. The van der Waals surface area contributed by atoms with Gasteiger partial charge in [-0.15, -0.1) is 0 Å². The number of isocyanates is 2. The summed E-state index contributed by atoms with van der Waals surface area (Å²) in [6.45, 7) is 4.81. The van der Waals surface area contributed by atoms with Crippen molar-refractivity contribution in [2.45, 2.75) is 51.4 Å². The molecule has 0 aliphatic carbocycles. The molecule has 0 amide bonds. The minimum absolute atomic E-state index is 0.0255. The largest absolute Gasteiger partial charge is 0.466 e. The van der Waals surface area contributed by atoms with E-state index in [2.05, 4.69) is 21.3 Å². The maximum atomic E-state index is 10.5. The number of carbonyl (C=O) groups excluding carboxylic acids is 4. The van der Waals surface area contributed by atoms with Crippen molar-refractivity contribution in [3.63, 3.8) is 0 Å². The Morgan fingerprint density at radius 2 is 1.71 bits per heavy atom. The molecular weight excluding hydrogens is 368 g/mol. The zero-order valence-electron chi connectivity index (χ0n) is 16.3. The molecule has 0 radical (unpaired) electrons. The topological polar surface area (TPSA) is 132 Å². The van der Waals surface area contributed by atoms with Crippen LogP contribution in [0.1, 0.15) is 51.4 Å². The molecule has 0 aromatic carbocycles. The number of ether oxygens (including phenoxy) is 2. The van der Waals surface area contributed by atoms with Crippen LogP contribution in [0, 0.1) is 0 Å². The lowest BCUT2D eigenvalue weighted by Gasteiger charge is -1.94. The molecule has 1 fully saturated rings. The van der Waals surface area contributed by atoms with Gasteiger partial charge in [0.15, 0.2) is 0 Å².